The highest BCUT2D eigenvalue weighted by Crippen LogP contribution is 2.38. The number of carboxylic acid groups (broad SMARTS) is 1. The summed E-state index contributed by atoms with van der Waals surface area (Å²) in [5.41, 5.74) is 2.32. The maximum Gasteiger partial charge on any atom is 0.335 e. The first-order valence-electron chi connectivity index (χ1n) is 10.4. The van der Waals surface area contributed by atoms with Crippen LogP contribution in [0.4, 0.5) is 4.39 Å². The first-order valence-corrected chi connectivity index (χ1v) is 11.2. The van der Waals surface area contributed by atoms with Gasteiger partial charge in [0.15, 0.2) is 0 Å². The third kappa shape index (κ3) is 4.67. The van der Waals surface area contributed by atoms with E-state index >= 15 is 0 Å². The van der Waals surface area contributed by atoms with E-state index < -0.39 is 12.1 Å². The lowest BCUT2D eigenvalue weighted by Gasteiger charge is -2.30. The number of aliphatic hydroxyl groups excluding tert-OH is 1. The number of ether oxygens (including phenoxy) is 2. The summed E-state index contributed by atoms with van der Waals surface area (Å²) in [7, 11) is 0. The summed E-state index contributed by atoms with van der Waals surface area (Å²) in [6.45, 7) is 0.235. The van der Waals surface area contributed by atoms with E-state index in [1.807, 2.05) is 6.07 Å². The van der Waals surface area contributed by atoms with Gasteiger partial charge in [0.05, 0.1) is 21.9 Å². The monoisotopic (exact) mass is 465 g/mol. The van der Waals surface area contributed by atoms with Crippen LogP contribution in [0.15, 0.2) is 60.7 Å². The highest BCUT2D eigenvalue weighted by Gasteiger charge is 2.28. The molecule has 2 atom stereocenters. The van der Waals surface area contributed by atoms with E-state index in [4.69, 9.17) is 9.47 Å². The van der Waals surface area contributed by atoms with Crippen LogP contribution in [0.25, 0.3) is 10.2 Å². The van der Waals surface area contributed by atoms with Crippen molar-refractivity contribution >= 4 is 27.5 Å². The minimum absolute atomic E-state index is 0.226. The lowest BCUT2D eigenvalue weighted by atomic mass is 9.94. The first kappa shape index (κ1) is 21.4. The van der Waals surface area contributed by atoms with Crippen LogP contribution in [0.1, 0.15) is 39.0 Å². The Morgan fingerprint density at radius 3 is 2.91 bits per heavy atom. The van der Waals surface area contributed by atoms with Crippen LogP contribution in [0.3, 0.4) is 0 Å². The fourth-order valence-corrected chi connectivity index (χ4v) is 4.82. The van der Waals surface area contributed by atoms with Gasteiger partial charge in [0.25, 0.3) is 0 Å². The van der Waals surface area contributed by atoms with Crippen molar-refractivity contribution in [3.63, 3.8) is 0 Å². The number of nitrogens with zero attached hydrogens (tertiary/aromatic N) is 1. The van der Waals surface area contributed by atoms with E-state index in [0.29, 0.717) is 35.4 Å². The maximum atomic E-state index is 13.4. The van der Waals surface area contributed by atoms with Crippen molar-refractivity contribution in [2.45, 2.75) is 31.7 Å². The van der Waals surface area contributed by atoms with E-state index in [2.05, 4.69) is 4.98 Å². The Morgan fingerprint density at radius 2 is 2.06 bits per heavy atom. The van der Waals surface area contributed by atoms with Gasteiger partial charge in [0, 0.05) is 24.5 Å². The number of hydrogen-bond acceptors (Lipinski definition) is 6. The standard InChI is InChI=1S/C25H20FNO5S/c26-16-4-7-23-20(10-16)27-24(33-23)13-31-17-5-6-22-19(11-17)21(28)12-18(32-22)9-14-2-1-3-15(8-14)25(29)30/h1-8,10-11,18,21,28H,9,12-13H2,(H,29,30). The molecule has 0 aliphatic carbocycles. The van der Waals surface area contributed by atoms with Crippen LogP contribution < -0.4 is 9.47 Å². The smallest absolute Gasteiger partial charge is 0.335 e. The molecule has 0 saturated carbocycles. The number of carbonyl (C=O) groups is 1. The van der Waals surface area contributed by atoms with E-state index in [9.17, 15) is 19.4 Å². The van der Waals surface area contributed by atoms with Crippen molar-refractivity contribution in [2.24, 2.45) is 0 Å². The Labute approximate surface area is 192 Å². The Bertz CT molecular complexity index is 1340. The van der Waals surface area contributed by atoms with Crippen molar-refractivity contribution in [2.75, 3.05) is 0 Å². The normalized spacial score (nSPS) is 17.4. The minimum Gasteiger partial charge on any atom is -0.490 e. The number of aromatic carboxylic acids is 1. The quantitative estimate of drug-likeness (QED) is 0.410. The Kier molecular flexibility index (Phi) is 5.70. The molecule has 2 heterocycles. The van der Waals surface area contributed by atoms with Gasteiger partial charge in [-0.3, -0.25) is 0 Å². The van der Waals surface area contributed by atoms with Crippen LogP contribution in [-0.2, 0) is 13.0 Å². The average molecular weight is 466 g/mol. The average Bonchev–Trinajstić information content (AvgIpc) is 3.20. The maximum absolute atomic E-state index is 13.4. The van der Waals surface area contributed by atoms with E-state index in [1.165, 1.54) is 23.5 Å². The Morgan fingerprint density at radius 1 is 1.18 bits per heavy atom. The summed E-state index contributed by atoms with van der Waals surface area (Å²) in [6.07, 6.45) is -0.118. The van der Waals surface area contributed by atoms with Crippen molar-refractivity contribution in [3.05, 3.63) is 88.2 Å². The number of hydrogen-bond donors (Lipinski definition) is 2. The summed E-state index contributed by atoms with van der Waals surface area (Å²) in [5.74, 6) is -0.139. The molecule has 5 rings (SSSR count). The van der Waals surface area contributed by atoms with Crippen molar-refractivity contribution < 1.29 is 28.9 Å². The molecule has 0 amide bonds. The zero-order valence-electron chi connectivity index (χ0n) is 17.4. The number of fused-ring (bicyclic) bond motifs is 2. The van der Waals surface area contributed by atoms with Gasteiger partial charge >= 0.3 is 5.97 Å². The van der Waals surface area contributed by atoms with E-state index in [0.717, 1.165) is 15.3 Å². The molecule has 6 nitrogen and oxygen atoms in total. The number of thiazole rings is 1. The Hall–Kier alpha value is -3.49. The largest absolute Gasteiger partial charge is 0.490 e. The Balaban J connectivity index is 1.26. The predicted molar refractivity (Wildman–Crippen MR) is 121 cm³/mol. The first-order chi connectivity index (χ1) is 15.9. The molecule has 0 fully saturated rings. The SMILES string of the molecule is O=C(O)c1cccc(CC2CC(O)c3cc(OCc4nc5cc(F)ccc5s4)ccc3O2)c1. The molecule has 168 valence electrons. The molecule has 2 unspecified atom stereocenters. The van der Waals surface area contributed by atoms with Gasteiger partial charge in [0.2, 0.25) is 0 Å². The number of halogens is 1. The molecule has 1 aliphatic heterocycles. The number of aromatic nitrogens is 1. The summed E-state index contributed by atoms with van der Waals surface area (Å²) in [6, 6.07) is 16.5. The zero-order chi connectivity index (χ0) is 22.9. The third-order valence-electron chi connectivity index (χ3n) is 5.51. The molecule has 2 N–H and O–H groups in total. The molecular weight excluding hydrogens is 445 g/mol. The molecule has 1 aliphatic rings. The summed E-state index contributed by atoms with van der Waals surface area (Å²) < 4.78 is 26.2. The molecule has 0 saturated heterocycles. The molecule has 4 aromatic rings. The zero-order valence-corrected chi connectivity index (χ0v) is 18.2. The fourth-order valence-electron chi connectivity index (χ4n) is 3.96. The van der Waals surface area contributed by atoms with Crippen LogP contribution in [0.5, 0.6) is 11.5 Å². The summed E-state index contributed by atoms with van der Waals surface area (Å²) in [5, 5.41) is 20.6. The highest BCUT2D eigenvalue weighted by molar-refractivity contribution is 7.18. The summed E-state index contributed by atoms with van der Waals surface area (Å²) in [4.78, 5) is 15.6. The van der Waals surface area contributed by atoms with Crippen molar-refractivity contribution in [3.8, 4) is 11.5 Å². The van der Waals surface area contributed by atoms with Gasteiger partial charge < -0.3 is 19.7 Å². The highest BCUT2D eigenvalue weighted by atomic mass is 32.1. The van der Waals surface area contributed by atoms with Crippen LogP contribution in [0, 0.1) is 5.82 Å². The van der Waals surface area contributed by atoms with Gasteiger partial charge in [-0.2, -0.15) is 0 Å². The van der Waals surface area contributed by atoms with Crippen molar-refractivity contribution in [1.29, 1.82) is 0 Å². The predicted octanol–water partition coefficient (Wildman–Crippen LogP) is 5.14. The van der Waals surface area contributed by atoms with Crippen LogP contribution in [0.2, 0.25) is 0 Å². The molecular formula is C25H20FNO5S. The minimum atomic E-state index is -0.975. The van der Waals surface area contributed by atoms with Gasteiger partial charge in [-0.05, 0) is 48.0 Å². The second kappa shape index (κ2) is 8.80. The number of rotatable bonds is 6. The van der Waals surface area contributed by atoms with Crippen molar-refractivity contribution in [1.82, 2.24) is 4.98 Å². The second-order valence-corrected chi connectivity index (χ2v) is 9.02. The van der Waals surface area contributed by atoms with Crippen LogP contribution in [-0.4, -0.2) is 27.3 Å². The van der Waals surface area contributed by atoms with E-state index in [-0.39, 0.29) is 24.1 Å². The van der Waals surface area contributed by atoms with Crippen LogP contribution >= 0.6 is 11.3 Å². The molecule has 0 spiro atoms. The topological polar surface area (TPSA) is 88.9 Å². The lowest BCUT2D eigenvalue weighted by molar-refractivity contribution is 0.0653. The van der Waals surface area contributed by atoms with Gasteiger partial charge in [-0.15, -0.1) is 11.3 Å². The van der Waals surface area contributed by atoms with E-state index in [1.54, 1.807) is 42.5 Å². The second-order valence-electron chi connectivity index (χ2n) is 7.91. The number of aliphatic hydroxyl groups is 1. The molecule has 0 bridgehead atoms. The molecule has 1 aromatic heterocycles. The third-order valence-corrected chi connectivity index (χ3v) is 6.52. The van der Waals surface area contributed by atoms with Gasteiger partial charge in [0.1, 0.15) is 35.0 Å². The van der Waals surface area contributed by atoms with Gasteiger partial charge in [-0.1, -0.05) is 12.1 Å². The lowest BCUT2D eigenvalue weighted by Crippen LogP contribution is -2.27. The summed E-state index contributed by atoms with van der Waals surface area (Å²) >= 11 is 1.44. The van der Waals surface area contributed by atoms with Gasteiger partial charge in [-0.25, -0.2) is 14.2 Å². The molecule has 8 heteroatoms. The molecule has 0 radical (unpaired) electrons. The number of carboxylic acids is 1. The molecule has 3 aromatic carbocycles. The molecule has 33 heavy (non-hydrogen) atoms. The fraction of sp³-hybridized carbons (Fsp3) is 0.200. The number of benzene rings is 3.